The van der Waals surface area contributed by atoms with Crippen LogP contribution < -0.4 is 5.32 Å². The van der Waals surface area contributed by atoms with Crippen molar-refractivity contribution in [2.45, 2.75) is 6.42 Å². The van der Waals surface area contributed by atoms with Crippen molar-refractivity contribution in [1.82, 2.24) is 9.80 Å². The quantitative estimate of drug-likeness (QED) is 0.818. The lowest BCUT2D eigenvalue weighted by atomic mass is 10.2. The topological polar surface area (TPSA) is 78.9 Å². The number of ether oxygens (including phenoxy) is 1. The highest BCUT2D eigenvalue weighted by molar-refractivity contribution is 6.00. The van der Waals surface area contributed by atoms with Gasteiger partial charge in [0.2, 0.25) is 11.8 Å². The van der Waals surface area contributed by atoms with E-state index in [0.717, 1.165) is 26.2 Å². The molecule has 1 aliphatic carbocycles. The molecule has 1 heterocycles. The number of methoxy groups -OCH3 is 1. The average Bonchev–Trinajstić information content (AvgIpc) is 3.42. The van der Waals surface area contributed by atoms with Crippen molar-refractivity contribution in [2.24, 2.45) is 11.8 Å². The van der Waals surface area contributed by atoms with Gasteiger partial charge in [-0.3, -0.25) is 9.59 Å². The second-order valence-corrected chi connectivity index (χ2v) is 6.64. The molecule has 7 heteroatoms. The molecule has 1 N–H and O–H groups in total. The van der Waals surface area contributed by atoms with Crippen molar-refractivity contribution >= 4 is 23.5 Å². The van der Waals surface area contributed by atoms with Gasteiger partial charge in [0, 0.05) is 31.9 Å². The van der Waals surface area contributed by atoms with E-state index in [1.54, 1.807) is 24.3 Å². The van der Waals surface area contributed by atoms with Crippen LogP contribution in [0.25, 0.3) is 0 Å². The fraction of sp³-hybridized carbons (Fsp3) is 0.500. The summed E-state index contributed by atoms with van der Waals surface area (Å²) < 4.78 is 4.64. The zero-order valence-electron chi connectivity index (χ0n) is 14.5. The van der Waals surface area contributed by atoms with Gasteiger partial charge in [-0.05, 0) is 37.7 Å². The monoisotopic (exact) mass is 345 g/mol. The summed E-state index contributed by atoms with van der Waals surface area (Å²) in [7, 11) is 3.36. The molecule has 3 rings (SSSR count). The van der Waals surface area contributed by atoms with Crippen LogP contribution in [-0.4, -0.2) is 67.9 Å². The lowest BCUT2D eigenvalue weighted by Gasteiger charge is -2.32. The second kappa shape index (κ2) is 7.23. The van der Waals surface area contributed by atoms with Gasteiger partial charge in [-0.2, -0.15) is 0 Å². The summed E-state index contributed by atoms with van der Waals surface area (Å²) in [5, 5.41) is 2.81. The Bertz CT molecular complexity index is 665. The third-order valence-corrected chi connectivity index (χ3v) is 4.83. The standard InChI is InChI=1S/C18H23N3O4/c1-20-7-9-21(10-8-20)17(23)15-11-14(15)16(22)19-13-5-3-12(4-6-13)18(24)25-2/h3-6,14-15H,7-11H2,1-2H3,(H,19,22). The number of hydrogen-bond acceptors (Lipinski definition) is 5. The van der Waals surface area contributed by atoms with Gasteiger partial charge in [0.15, 0.2) is 0 Å². The Morgan fingerprint density at radius 3 is 2.28 bits per heavy atom. The normalized spacial score (nSPS) is 23.0. The van der Waals surface area contributed by atoms with Crippen molar-refractivity contribution in [3.63, 3.8) is 0 Å². The van der Waals surface area contributed by atoms with Crippen LogP contribution in [0.3, 0.4) is 0 Å². The van der Waals surface area contributed by atoms with E-state index in [9.17, 15) is 14.4 Å². The Morgan fingerprint density at radius 1 is 1.04 bits per heavy atom. The van der Waals surface area contributed by atoms with E-state index in [0.29, 0.717) is 17.7 Å². The van der Waals surface area contributed by atoms with Gasteiger partial charge in [0.05, 0.1) is 24.5 Å². The number of carbonyl (C=O) groups excluding carboxylic acids is 3. The predicted octanol–water partition coefficient (Wildman–Crippen LogP) is 0.822. The molecule has 134 valence electrons. The Morgan fingerprint density at radius 2 is 1.68 bits per heavy atom. The highest BCUT2D eigenvalue weighted by Gasteiger charge is 2.49. The molecule has 2 aliphatic rings. The van der Waals surface area contributed by atoms with Gasteiger partial charge in [-0.1, -0.05) is 0 Å². The molecular formula is C18H23N3O4. The number of carbonyl (C=O) groups is 3. The molecule has 1 aromatic rings. The first-order valence-electron chi connectivity index (χ1n) is 8.46. The van der Waals surface area contributed by atoms with Crippen LogP contribution in [0.4, 0.5) is 5.69 Å². The molecule has 1 aromatic carbocycles. The Hall–Kier alpha value is -2.41. The van der Waals surface area contributed by atoms with E-state index in [4.69, 9.17) is 0 Å². The number of nitrogens with one attached hydrogen (secondary N) is 1. The number of amides is 2. The maximum atomic E-state index is 12.5. The van der Waals surface area contributed by atoms with Crippen LogP contribution in [0.2, 0.25) is 0 Å². The van der Waals surface area contributed by atoms with Crippen molar-refractivity contribution in [2.75, 3.05) is 45.7 Å². The van der Waals surface area contributed by atoms with Crippen molar-refractivity contribution in [3.8, 4) is 0 Å². The lowest BCUT2D eigenvalue weighted by molar-refractivity contribution is -0.135. The largest absolute Gasteiger partial charge is 0.465 e. The van der Waals surface area contributed by atoms with Gasteiger partial charge in [0.1, 0.15) is 0 Å². The smallest absolute Gasteiger partial charge is 0.337 e. The molecule has 2 unspecified atom stereocenters. The second-order valence-electron chi connectivity index (χ2n) is 6.64. The highest BCUT2D eigenvalue weighted by Crippen LogP contribution is 2.41. The number of benzene rings is 1. The van der Waals surface area contributed by atoms with Crippen LogP contribution in [0, 0.1) is 11.8 Å². The fourth-order valence-corrected chi connectivity index (χ4v) is 3.06. The van der Waals surface area contributed by atoms with Crippen LogP contribution >= 0.6 is 0 Å². The van der Waals surface area contributed by atoms with Crippen LogP contribution in [-0.2, 0) is 14.3 Å². The summed E-state index contributed by atoms with van der Waals surface area (Å²) in [5.74, 6) is -0.921. The molecule has 25 heavy (non-hydrogen) atoms. The number of piperazine rings is 1. The summed E-state index contributed by atoms with van der Waals surface area (Å²) in [6.45, 7) is 3.22. The van der Waals surface area contributed by atoms with E-state index in [1.165, 1.54) is 7.11 Å². The summed E-state index contributed by atoms with van der Waals surface area (Å²) in [6, 6.07) is 6.51. The van der Waals surface area contributed by atoms with Gasteiger partial charge < -0.3 is 19.9 Å². The Labute approximate surface area is 146 Å². The summed E-state index contributed by atoms with van der Waals surface area (Å²) in [5.41, 5.74) is 1.03. The van der Waals surface area contributed by atoms with Gasteiger partial charge in [-0.15, -0.1) is 0 Å². The summed E-state index contributed by atoms with van der Waals surface area (Å²) in [6.07, 6.45) is 0.608. The first-order valence-corrected chi connectivity index (χ1v) is 8.46. The first kappa shape index (κ1) is 17.4. The Balaban J connectivity index is 1.51. The van der Waals surface area contributed by atoms with Crippen molar-refractivity contribution in [1.29, 1.82) is 0 Å². The molecule has 2 amide bonds. The summed E-state index contributed by atoms with van der Waals surface area (Å²) in [4.78, 5) is 40.2. The number of nitrogens with zero attached hydrogens (tertiary/aromatic N) is 2. The van der Waals surface area contributed by atoms with Crippen LogP contribution in [0.15, 0.2) is 24.3 Å². The fourth-order valence-electron chi connectivity index (χ4n) is 3.06. The lowest BCUT2D eigenvalue weighted by Crippen LogP contribution is -2.48. The third-order valence-electron chi connectivity index (χ3n) is 4.83. The molecule has 2 atom stereocenters. The number of esters is 1. The number of hydrogen-bond donors (Lipinski definition) is 1. The number of anilines is 1. The minimum absolute atomic E-state index is 0.0919. The number of rotatable bonds is 4. The molecule has 1 saturated heterocycles. The van der Waals surface area contributed by atoms with Crippen LogP contribution in [0.1, 0.15) is 16.8 Å². The average molecular weight is 345 g/mol. The van der Waals surface area contributed by atoms with Gasteiger partial charge in [-0.25, -0.2) is 4.79 Å². The van der Waals surface area contributed by atoms with Crippen molar-refractivity contribution in [3.05, 3.63) is 29.8 Å². The van der Waals surface area contributed by atoms with Gasteiger partial charge >= 0.3 is 5.97 Å². The summed E-state index contributed by atoms with van der Waals surface area (Å²) >= 11 is 0. The van der Waals surface area contributed by atoms with E-state index in [-0.39, 0.29) is 23.7 Å². The highest BCUT2D eigenvalue weighted by atomic mass is 16.5. The van der Waals surface area contributed by atoms with E-state index < -0.39 is 5.97 Å². The maximum Gasteiger partial charge on any atom is 0.337 e. The molecule has 1 saturated carbocycles. The zero-order valence-corrected chi connectivity index (χ0v) is 14.5. The minimum atomic E-state index is -0.419. The molecule has 2 fully saturated rings. The van der Waals surface area contributed by atoms with Crippen molar-refractivity contribution < 1.29 is 19.1 Å². The molecule has 0 bridgehead atoms. The predicted molar refractivity (Wildman–Crippen MR) is 92.1 cm³/mol. The van der Waals surface area contributed by atoms with Crippen LogP contribution in [0.5, 0.6) is 0 Å². The SMILES string of the molecule is COC(=O)c1ccc(NC(=O)C2CC2C(=O)N2CCN(C)CC2)cc1. The molecule has 0 aromatic heterocycles. The van der Waals surface area contributed by atoms with E-state index in [2.05, 4.69) is 15.0 Å². The molecule has 0 spiro atoms. The Kier molecular flexibility index (Phi) is 5.03. The minimum Gasteiger partial charge on any atom is -0.465 e. The zero-order chi connectivity index (χ0) is 18.0. The third kappa shape index (κ3) is 3.99. The van der Waals surface area contributed by atoms with E-state index >= 15 is 0 Å². The molecule has 1 aliphatic heterocycles. The molecule has 0 radical (unpaired) electrons. The van der Waals surface area contributed by atoms with E-state index in [1.807, 2.05) is 11.9 Å². The maximum absolute atomic E-state index is 12.5. The molecular weight excluding hydrogens is 322 g/mol. The number of likely N-dealkylation sites (N-methyl/N-ethyl adjacent to an activating group) is 1. The molecule has 7 nitrogen and oxygen atoms in total. The first-order chi connectivity index (χ1) is 12.0. The van der Waals surface area contributed by atoms with Gasteiger partial charge in [0.25, 0.3) is 0 Å².